The molecular weight excluding hydrogens is 703 g/mol. The molecule has 2 atom stereocenters. The Morgan fingerprint density at radius 3 is 1.61 bits per heavy atom. The number of aromatic amines is 2. The van der Waals surface area contributed by atoms with Crippen molar-refractivity contribution in [3.8, 4) is 33.6 Å². The van der Waals surface area contributed by atoms with E-state index in [0.29, 0.717) is 18.7 Å². The zero-order valence-corrected chi connectivity index (χ0v) is 34.3. The molecule has 0 unspecified atom stereocenters. The Bertz CT molecular complexity index is 1940. The van der Waals surface area contributed by atoms with Crippen LogP contribution in [-0.4, -0.2) is 50.0 Å². The second kappa shape index (κ2) is 17.1. The highest BCUT2D eigenvalue weighted by Gasteiger charge is 2.44. The van der Waals surface area contributed by atoms with Gasteiger partial charge in [-0.3, -0.25) is 9.59 Å². The fourth-order valence-electron chi connectivity index (χ4n) is 8.16. The number of ether oxygens (including phenoxy) is 1. The number of rotatable bonds is 11. The monoisotopic (exact) mass is 763 g/mol. The van der Waals surface area contributed by atoms with Gasteiger partial charge in [0.2, 0.25) is 11.8 Å². The molecule has 2 aromatic heterocycles. The number of H-pyrrole nitrogens is 2. The number of nitrogens with one attached hydrogen (secondary N) is 5. The highest BCUT2D eigenvalue weighted by atomic mass is 16.5. The second-order valence-electron chi connectivity index (χ2n) is 17.9. The Hall–Kier alpha value is -4.93. The van der Waals surface area contributed by atoms with Crippen molar-refractivity contribution >= 4 is 17.9 Å². The van der Waals surface area contributed by atoms with Crippen molar-refractivity contribution in [3.05, 3.63) is 72.6 Å². The minimum Gasteiger partial charge on any atom is -0.450 e. The molecule has 300 valence electrons. The summed E-state index contributed by atoms with van der Waals surface area (Å²) in [5, 5.41) is 9.48. The molecule has 2 aromatic carbocycles. The SMILES string of the molecule is CCOC(=O)NC1(C(=O)N[C@H](c2ncc(-c3ccc(-c4ccc(-c5cnc([C@@H](NC(=O)C6CCCCC6)C(C)(C)C)[nH]5)cc4)cc3)[nH]2)C(C)(C)C)CCCCC1. The van der Waals surface area contributed by atoms with Crippen molar-refractivity contribution in [1.82, 2.24) is 35.9 Å². The number of benzene rings is 2. The zero-order chi connectivity index (χ0) is 40.1. The molecule has 3 amide bonds. The van der Waals surface area contributed by atoms with Gasteiger partial charge in [-0.25, -0.2) is 14.8 Å². The van der Waals surface area contributed by atoms with Crippen LogP contribution in [0.1, 0.15) is 136 Å². The Morgan fingerprint density at radius 2 is 1.14 bits per heavy atom. The molecule has 2 aliphatic carbocycles. The topological polar surface area (TPSA) is 154 Å². The van der Waals surface area contributed by atoms with E-state index in [1.54, 1.807) is 6.92 Å². The van der Waals surface area contributed by atoms with Crippen LogP contribution in [0.2, 0.25) is 0 Å². The number of carbonyl (C=O) groups excluding carboxylic acids is 3. The van der Waals surface area contributed by atoms with E-state index in [1.165, 1.54) is 6.42 Å². The average Bonchev–Trinajstić information content (AvgIpc) is 3.87. The molecule has 0 aliphatic heterocycles. The lowest BCUT2D eigenvalue weighted by Gasteiger charge is -2.39. The van der Waals surface area contributed by atoms with E-state index in [4.69, 9.17) is 14.7 Å². The lowest BCUT2D eigenvalue weighted by atomic mass is 9.79. The van der Waals surface area contributed by atoms with Gasteiger partial charge in [-0.2, -0.15) is 0 Å². The van der Waals surface area contributed by atoms with Crippen LogP contribution in [0.5, 0.6) is 0 Å². The summed E-state index contributed by atoms with van der Waals surface area (Å²) in [6, 6.07) is 16.1. The van der Waals surface area contributed by atoms with Crippen molar-refractivity contribution in [2.24, 2.45) is 16.7 Å². The smallest absolute Gasteiger partial charge is 0.407 e. The summed E-state index contributed by atoms with van der Waals surface area (Å²) in [7, 11) is 0. The first-order valence-corrected chi connectivity index (χ1v) is 20.5. The first kappa shape index (κ1) is 40.7. The lowest BCUT2D eigenvalue weighted by molar-refractivity contribution is -0.130. The van der Waals surface area contributed by atoms with Gasteiger partial charge in [0.1, 0.15) is 17.2 Å². The van der Waals surface area contributed by atoms with Gasteiger partial charge in [-0.1, -0.05) is 129 Å². The van der Waals surface area contributed by atoms with E-state index in [-0.39, 0.29) is 41.2 Å². The molecule has 2 aliphatic rings. The third-order valence-corrected chi connectivity index (χ3v) is 11.5. The minimum atomic E-state index is -1.01. The van der Waals surface area contributed by atoms with Gasteiger partial charge >= 0.3 is 6.09 Å². The molecule has 2 fully saturated rings. The molecule has 0 radical (unpaired) electrons. The van der Waals surface area contributed by atoms with Gasteiger partial charge in [-0.15, -0.1) is 0 Å². The number of hydrogen-bond donors (Lipinski definition) is 5. The summed E-state index contributed by atoms with van der Waals surface area (Å²) in [4.78, 5) is 56.1. The minimum absolute atomic E-state index is 0.0877. The number of amides is 3. The molecule has 4 aromatic rings. The summed E-state index contributed by atoms with van der Waals surface area (Å²) in [5.41, 5.74) is 4.33. The summed E-state index contributed by atoms with van der Waals surface area (Å²) >= 11 is 0. The Morgan fingerprint density at radius 1 is 0.696 bits per heavy atom. The third-order valence-electron chi connectivity index (χ3n) is 11.5. The standard InChI is InChI=1S/C45H61N7O4/c1-8-56-42(55)52-45(25-13-10-14-26-45)41(54)51-37(44(5,6)7)39-47-28-35(49-39)32-23-19-30(20-24-32)29-17-21-31(22-18-29)34-27-46-38(48-34)36(43(2,3)4)50-40(53)33-15-11-9-12-16-33/h17-24,27-28,33,36-37H,8-16,25-26H2,1-7H3,(H,46,48)(H,47,49)(H,50,53)(H,51,54)(H,52,55)/t36-,37-/m1/s1. The van der Waals surface area contributed by atoms with E-state index in [9.17, 15) is 14.4 Å². The highest BCUT2D eigenvalue weighted by molar-refractivity contribution is 5.90. The van der Waals surface area contributed by atoms with Gasteiger partial charge in [-0.05, 0) is 65.7 Å². The van der Waals surface area contributed by atoms with Crippen molar-refractivity contribution in [3.63, 3.8) is 0 Å². The van der Waals surface area contributed by atoms with Crippen molar-refractivity contribution < 1.29 is 19.1 Å². The Labute approximate surface area is 332 Å². The van der Waals surface area contributed by atoms with Gasteiger partial charge in [0, 0.05) is 5.92 Å². The maximum atomic E-state index is 13.9. The molecule has 0 spiro atoms. The van der Waals surface area contributed by atoms with Crippen LogP contribution in [-0.2, 0) is 14.3 Å². The molecule has 11 nitrogen and oxygen atoms in total. The predicted octanol–water partition coefficient (Wildman–Crippen LogP) is 9.57. The zero-order valence-electron chi connectivity index (χ0n) is 34.3. The van der Waals surface area contributed by atoms with Crippen LogP contribution in [0.15, 0.2) is 60.9 Å². The molecule has 2 saturated carbocycles. The largest absolute Gasteiger partial charge is 0.450 e. The molecule has 11 heteroatoms. The molecule has 56 heavy (non-hydrogen) atoms. The number of hydrogen-bond acceptors (Lipinski definition) is 6. The van der Waals surface area contributed by atoms with Crippen LogP contribution < -0.4 is 16.0 Å². The molecule has 0 bridgehead atoms. The van der Waals surface area contributed by atoms with E-state index >= 15 is 0 Å². The van der Waals surface area contributed by atoms with Crippen LogP contribution >= 0.6 is 0 Å². The molecule has 5 N–H and O–H groups in total. The van der Waals surface area contributed by atoms with Gasteiger partial charge in [0.05, 0.1) is 42.5 Å². The van der Waals surface area contributed by atoms with Gasteiger partial charge in [0.25, 0.3) is 0 Å². The van der Waals surface area contributed by atoms with Crippen LogP contribution in [0, 0.1) is 16.7 Å². The van der Waals surface area contributed by atoms with Gasteiger partial charge < -0.3 is 30.7 Å². The maximum Gasteiger partial charge on any atom is 0.407 e. The van der Waals surface area contributed by atoms with E-state index < -0.39 is 17.7 Å². The lowest BCUT2D eigenvalue weighted by Crippen LogP contribution is -2.61. The quantitative estimate of drug-likeness (QED) is 0.103. The number of imidazole rings is 2. The van der Waals surface area contributed by atoms with Crippen LogP contribution in [0.3, 0.4) is 0 Å². The summed E-state index contributed by atoms with van der Waals surface area (Å²) < 4.78 is 5.17. The number of aromatic nitrogens is 4. The van der Waals surface area contributed by atoms with Crippen molar-refractivity contribution in [2.75, 3.05) is 6.61 Å². The molecule has 2 heterocycles. The first-order chi connectivity index (χ1) is 26.7. The molecular formula is C45H61N7O4. The normalized spacial score (nSPS) is 17.4. The van der Waals surface area contributed by atoms with Crippen molar-refractivity contribution in [1.29, 1.82) is 0 Å². The Kier molecular flexibility index (Phi) is 12.4. The highest BCUT2D eigenvalue weighted by Crippen LogP contribution is 2.37. The van der Waals surface area contributed by atoms with Crippen molar-refractivity contribution in [2.45, 2.75) is 130 Å². The summed E-state index contributed by atoms with van der Waals surface area (Å²) in [6.45, 7) is 14.6. The second-order valence-corrected chi connectivity index (χ2v) is 17.9. The molecule has 0 saturated heterocycles. The predicted molar refractivity (Wildman–Crippen MR) is 220 cm³/mol. The summed E-state index contributed by atoms with van der Waals surface area (Å²) in [5.74, 6) is 1.44. The molecule has 6 rings (SSSR count). The fourth-order valence-corrected chi connectivity index (χ4v) is 8.16. The average molecular weight is 764 g/mol. The van der Waals surface area contributed by atoms with E-state index in [1.807, 2.05) is 12.4 Å². The fraction of sp³-hybridized carbons (Fsp3) is 0.533. The third kappa shape index (κ3) is 9.53. The number of carbonyl (C=O) groups is 3. The van der Waals surface area contributed by atoms with Crippen LogP contribution in [0.4, 0.5) is 4.79 Å². The summed E-state index contributed by atoms with van der Waals surface area (Å²) in [6.07, 6.45) is 12.4. The van der Waals surface area contributed by atoms with Crippen LogP contribution in [0.25, 0.3) is 33.6 Å². The van der Waals surface area contributed by atoms with E-state index in [0.717, 1.165) is 84.4 Å². The maximum absolute atomic E-state index is 13.9. The number of nitrogens with zero attached hydrogens (tertiary/aromatic N) is 2. The number of alkyl carbamates (subject to hydrolysis) is 1. The Balaban J connectivity index is 1.13. The van der Waals surface area contributed by atoms with Gasteiger partial charge in [0.15, 0.2) is 0 Å². The first-order valence-electron chi connectivity index (χ1n) is 20.5. The van der Waals surface area contributed by atoms with E-state index in [2.05, 4.69) is 116 Å².